The molecule has 3 nitrogen and oxygen atoms in total. The highest BCUT2D eigenvalue weighted by Crippen LogP contribution is 2.56. The van der Waals surface area contributed by atoms with Gasteiger partial charge in [0.25, 0.3) is 0 Å². The second-order valence-electron chi connectivity index (χ2n) is 11.8. The number of aromatic hydroxyl groups is 1. The van der Waals surface area contributed by atoms with E-state index >= 15 is 0 Å². The van der Waals surface area contributed by atoms with Crippen molar-refractivity contribution in [3.8, 4) is 11.5 Å². The average molecular weight is 563 g/mol. The zero-order valence-electron chi connectivity index (χ0n) is 24.4. The maximum Gasteiger partial charge on any atom is 0.136 e. The number of hydrogen-bond acceptors (Lipinski definition) is 3. The van der Waals surface area contributed by atoms with Gasteiger partial charge in [0.05, 0.1) is 0 Å². The molecule has 0 spiro atoms. The summed E-state index contributed by atoms with van der Waals surface area (Å²) in [6.45, 7) is 6.75. The first-order valence-electron chi connectivity index (χ1n) is 14.0. The Labute approximate surface area is 246 Å². The van der Waals surface area contributed by atoms with Gasteiger partial charge in [0.15, 0.2) is 0 Å². The minimum atomic E-state index is -0.611. The molecule has 4 heteroatoms. The van der Waals surface area contributed by atoms with Gasteiger partial charge in [0.1, 0.15) is 17.6 Å². The summed E-state index contributed by atoms with van der Waals surface area (Å²) in [5.41, 5.74) is 5.79. The highest BCUT2D eigenvalue weighted by molar-refractivity contribution is 7.83. The summed E-state index contributed by atoms with van der Waals surface area (Å²) in [7, 11) is -0.611. The van der Waals surface area contributed by atoms with Crippen molar-refractivity contribution in [3.63, 3.8) is 0 Å². The van der Waals surface area contributed by atoms with Crippen LogP contribution in [0.4, 0.5) is 0 Å². The SMILES string of the molecule is CC(C)(C)c1ccc2c(c1)[C@@H](c1ccccc1)[C@@H](c1ccccc1)[C@H](c1c(O)ccc3ccccc13)O2.CS(C)=O. The van der Waals surface area contributed by atoms with E-state index in [4.69, 9.17) is 4.74 Å². The Kier molecular flexibility index (Phi) is 8.32. The Balaban J connectivity index is 0.000000794. The van der Waals surface area contributed by atoms with Gasteiger partial charge in [0.2, 0.25) is 0 Å². The number of ether oxygens (including phenoxy) is 1. The number of fused-ring (bicyclic) bond motifs is 2. The lowest BCUT2D eigenvalue weighted by molar-refractivity contribution is 0.139. The van der Waals surface area contributed by atoms with E-state index in [9.17, 15) is 9.32 Å². The van der Waals surface area contributed by atoms with Gasteiger partial charge in [-0.1, -0.05) is 124 Å². The van der Waals surface area contributed by atoms with Crippen molar-refractivity contribution in [1.29, 1.82) is 0 Å². The molecular weight excluding hydrogens is 524 g/mol. The summed E-state index contributed by atoms with van der Waals surface area (Å²) in [6, 6.07) is 40.1. The maximum absolute atomic E-state index is 11.3. The van der Waals surface area contributed by atoms with Crippen molar-refractivity contribution < 1.29 is 14.1 Å². The minimum absolute atomic E-state index is 0.0171. The predicted octanol–water partition coefficient (Wildman–Crippen LogP) is 8.89. The first-order valence-corrected chi connectivity index (χ1v) is 16.0. The molecule has 0 aromatic heterocycles. The molecule has 0 aliphatic carbocycles. The number of hydrogen-bond donors (Lipinski definition) is 1. The Morgan fingerprint density at radius 1 is 0.732 bits per heavy atom. The highest BCUT2D eigenvalue weighted by atomic mass is 32.2. The molecule has 0 bridgehead atoms. The number of rotatable bonds is 3. The molecule has 3 atom stereocenters. The third-order valence-corrected chi connectivity index (χ3v) is 7.73. The number of phenolic OH excluding ortho intramolecular Hbond substituents is 1. The summed E-state index contributed by atoms with van der Waals surface area (Å²) in [5.74, 6) is 1.17. The van der Waals surface area contributed by atoms with Crippen LogP contribution in [0.2, 0.25) is 0 Å². The summed E-state index contributed by atoms with van der Waals surface area (Å²) < 4.78 is 16.5. The van der Waals surface area contributed by atoms with Crippen LogP contribution in [0.15, 0.2) is 115 Å². The van der Waals surface area contributed by atoms with E-state index in [0.29, 0.717) is 0 Å². The van der Waals surface area contributed by atoms with E-state index in [1.165, 1.54) is 22.3 Å². The molecule has 0 radical (unpaired) electrons. The van der Waals surface area contributed by atoms with Crippen LogP contribution in [-0.2, 0) is 16.2 Å². The maximum atomic E-state index is 11.3. The molecule has 1 heterocycles. The molecule has 210 valence electrons. The molecule has 1 N–H and O–H groups in total. The van der Waals surface area contributed by atoms with Gasteiger partial charge in [-0.05, 0) is 45.0 Å². The normalized spacial score (nSPS) is 18.2. The molecule has 1 aliphatic heterocycles. The molecular formula is C37H38O3S. The predicted molar refractivity (Wildman–Crippen MR) is 172 cm³/mol. The molecule has 1 aliphatic rings. The quantitative estimate of drug-likeness (QED) is 0.239. The first-order chi connectivity index (χ1) is 19.6. The Morgan fingerprint density at radius 3 is 1.95 bits per heavy atom. The standard InChI is InChI=1S/C35H32O2.C2H6OS/c1-35(2,3)26-19-21-30-28(22-26)31(24-13-6-4-7-14-24)32(25-15-8-5-9-16-25)34(37-30)33-27-17-11-10-12-23(27)18-20-29(33)36;1-4(2)3/h4-22,31-32,34,36H,1-3H3;1-2H3/t31-,32-,34-;/m1./s1. The van der Waals surface area contributed by atoms with E-state index < -0.39 is 10.8 Å². The lowest BCUT2D eigenvalue weighted by atomic mass is 9.69. The van der Waals surface area contributed by atoms with Crippen LogP contribution in [0.5, 0.6) is 11.5 Å². The Bertz CT molecular complexity index is 1650. The van der Waals surface area contributed by atoms with Crippen LogP contribution < -0.4 is 4.74 Å². The zero-order valence-corrected chi connectivity index (χ0v) is 25.2. The molecule has 0 saturated heterocycles. The van der Waals surface area contributed by atoms with Crippen molar-refractivity contribution in [1.82, 2.24) is 0 Å². The van der Waals surface area contributed by atoms with Crippen LogP contribution in [0.3, 0.4) is 0 Å². The van der Waals surface area contributed by atoms with E-state index in [0.717, 1.165) is 22.1 Å². The lowest BCUT2D eigenvalue weighted by Crippen LogP contribution is -2.30. The minimum Gasteiger partial charge on any atom is -0.508 e. The molecule has 5 aromatic rings. The smallest absolute Gasteiger partial charge is 0.136 e. The largest absolute Gasteiger partial charge is 0.508 e. The van der Waals surface area contributed by atoms with E-state index in [1.54, 1.807) is 18.6 Å². The van der Waals surface area contributed by atoms with E-state index in [2.05, 4.69) is 112 Å². The molecule has 0 unspecified atom stereocenters. The third-order valence-electron chi connectivity index (χ3n) is 7.73. The molecule has 5 aromatic carbocycles. The van der Waals surface area contributed by atoms with Crippen molar-refractivity contribution in [3.05, 3.63) is 143 Å². The van der Waals surface area contributed by atoms with Gasteiger partial charge in [-0.3, -0.25) is 4.21 Å². The van der Waals surface area contributed by atoms with Gasteiger partial charge in [-0.2, -0.15) is 0 Å². The van der Waals surface area contributed by atoms with Crippen LogP contribution in [0, 0.1) is 0 Å². The van der Waals surface area contributed by atoms with Crippen molar-refractivity contribution in [2.24, 2.45) is 0 Å². The number of benzene rings is 5. The van der Waals surface area contributed by atoms with Crippen molar-refractivity contribution >= 4 is 21.6 Å². The lowest BCUT2D eigenvalue weighted by Gasteiger charge is -2.42. The second-order valence-corrected chi connectivity index (χ2v) is 13.3. The van der Waals surface area contributed by atoms with Crippen molar-refractivity contribution in [2.75, 3.05) is 12.5 Å². The van der Waals surface area contributed by atoms with Gasteiger partial charge in [-0.25, -0.2) is 0 Å². The fourth-order valence-corrected chi connectivity index (χ4v) is 5.86. The van der Waals surface area contributed by atoms with Crippen LogP contribution in [0.1, 0.15) is 66.5 Å². The molecule has 0 fully saturated rings. The van der Waals surface area contributed by atoms with Crippen molar-refractivity contribution in [2.45, 2.75) is 44.1 Å². The van der Waals surface area contributed by atoms with Gasteiger partial charge in [-0.15, -0.1) is 0 Å². The fourth-order valence-electron chi connectivity index (χ4n) is 5.86. The van der Waals surface area contributed by atoms with Gasteiger partial charge >= 0.3 is 0 Å². The van der Waals surface area contributed by atoms with Crippen LogP contribution in [0.25, 0.3) is 10.8 Å². The van der Waals surface area contributed by atoms with Crippen LogP contribution in [-0.4, -0.2) is 21.8 Å². The monoisotopic (exact) mass is 562 g/mol. The summed E-state index contributed by atoms with van der Waals surface area (Å²) in [4.78, 5) is 0. The summed E-state index contributed by atoms with van der Waals surface area (Å²) in [5, 5.41) is 13.4. The molecule has 0 saturated carbocycles. The fraction of sp³-hybridized carbons (Fsp3) is 0.243. The molecule has 0 amide bonds. The summed E-state index contributed by atoms with van der Waals surface area (Å²) >= 11 is 0. The Morgan fingerprint density at radius 2 is 1.32 bits per heavy atom. The first kappa shape index (κ1) is 28.6. The summed E-state index contributed by atoms with van der Waals surface area (Å²) in [6.07, 6.45) is 2.91. The average Bonchev–Trinajstić information content (AvgIpc) is 2.96. The van der Waals surface area contributed by atoms with Crippen LogP contribution >= 0.6 is 0 Å². The van der Waals surface area contributed by atoms with Gasteiger partial charge in [0, 0.05) is 46.3 Å². The molecule has 6 rings (SSSR count). The van der Waals surface area contributed by atoms with E-state index in [1.807, 2.05) is 18.2 Å². The molecule has 41 heavy (non-hydrogen) atoms. The van der Waals surface area contributed by atoms with Gasteiger partial charge < -0.3 is 9.84 Å². The number of phenols is 1. The highest BCUT2D eigenvalue weighted by Gasteiger charge is 2.43. The topological polar surface area (TPSA) is 46.5 Å². The third kappa shape index (κ3) is 6.08. The zero-order chi connectivity index (χ0) is 29.1. The Hall–Kier alpha value is -3.89. The van der Waals surface area contributed by atoms with E-state index in [-0.39, 0.29) is 29.1 Å². The second kappa shape index (κ2) is 11.9.